The van der Waals surface area contributed by atoms with Gasteiger partial charge in [-0.25, -0.2) is 4.79 Å². The maximum absolute atomic E-state index is 11.8. The van der Waals surface area contributed by atoms with Crippen LogP contribution in [-0.2, 0) is 13.0 Å². The minimum Gasteiger partial charge on any atom is -0.496 e. The van der Waals surface area contributed by atoms with E-state index in [4.69, 9.17) is 4.74 Å². The highest BCUT2D eigenvalue weighted by molar-refractivity contribution is 5.73. The summed E-state index contributed by atoms with van der Waals surface area (Å²) in [5.74, 6) is 0.858. The Morgan fingerprint density at radius 2 is 1.86 bits per heavy atom. The second-order valence-electron chi connectivity index (χ2n) is 5.16. The summed E-state index contributed by atoms with van der Waals surface area (Å²) >= 11 is 0. The fourth-order valence-electron chi connectivity index (χ4n) is 2.25. The summed E-state index contributed by atoms with van der Waals surface area (Å²) in [6.45, 7) is 3.14. The maximum atomic E-state index is 11.8. The fourth-order valence-corrected chi connectivity index (χ4v) is 2.25. The topological polar surface area (TPSA) is 50.4 Å². The van der Waals surface area contributed by atoms with E-state index < -0.39 is 0 Å². The molecule has 0 unspecified atom stereocenters. The molecule has 4 heteroatoms. The predicted octanol–water partition coefficient (Wildman–Crippen LogP) is 3.05. The van der Waals surface area contributed by atoms with Gasteiger partial charge < -0.3 is 15.4 Å². The summed E-state index contributed by atoms with van der Waals surface area (Å²) < 4.78 is 5.33. The standard InChI is InChI=1S/C18H22N2O2/c1-14-8-9-17(22-2)16(12-14)10-11-19-18(21)20-13-15-6-4-3-5-7-15/h3-9,12H,10-11,13H2,1-2H3,(H2,19,20,21). The monoisotopic (exact) mass is 298 g/mol. The molecule has 0 bridgehead atoms. The third-order valence-electron chi connectivity index (χ3n) is 3.41. The van der Waals surface area contributed by atoms with Crippen LogP contribution in [0.2, 0.25) is 0 Å². The van der Waals surface area contributed by atoms with Crippen molar-refractivity contribution in [3.8, 4) is 5.75 Å². The van der Waals surface area contributed by atoms with Gasteiger partial charge >= 0.3 is 6.03 Å². The van der Waals surface area contributed by atoms with E-state index in [0.29, 0.717) is 13.1 Å². The number of rotatable bonds is 6. The van der Waals surface area contributed by atoms with Crippen LogP contribution in [0.3, 0.4) is 0 Å². The quantitative estimate of drug-likeness (QED) is 0.861. The van der Waals surface area contributed by atoms with Crippen LogP contribution in [0.4, 0.5) is 4.79 Å². The SMILES string of the molecule is COc1ccc(C)cc1CCNC(=O)NCc1ccccc1. The van der Waals surface area contributed by atoms with Gasteiger partial charge in [0.1, 0.15) is 5.75 Å². The van der Waals surface area contributed by atoms with Gasteiger partial charge in [0.2, 0.25) is 0 Å². The fraction of sp³-hybridized carbons (Fsp3) is 0.278. The van der Waals surface area contributed by atoms with Crippen LogP contribution in [-0.4, -0.2) is 19.7 Å². The zero-order valence-corrected chi connectivity index (χ0v) is 13.1. The summed E-state index contributed by atoms with van der Waals surface area (Å²) in [5.41, 5.74) is 3.37. The first-order valence-corrected chi connectivity index (χ1v) is 7.38. The van der Waals surface area contributed by atoms with E-state index in [1.165, 1.54) is 5.56 Å². The third-order valence-corrected chi connectivity index (χ3v) is 3.41. The lowest BCUT2D eigenvalue weighted by Crippen LogP contribution is -2.36. The van der Waals surface area contributed by atoms with Crippen molar-refractivity contribution in [1.82, 2.24) is 10.6 Å². The number of amides is 2. The molecular weight excluding hydrogens is 276 g/mol. The molecular formula is C18H22N2O2. The first-order valence-electron chi connectivity index (χ1n) is 7.38. The molecule has 0 aliphatic heterocycles. The molecule has 4 nitrogen and oxygen atoms in total. The van der Waals surface area contributed by atoms with Gasteiger partial charge in [0.05, 0.1) is 7.11 Å². The van der Waals surface area contributed by atoms with Gasteiger partial charge in [0, 0.05) is 13.1 Å². The Balaban J connectivity index is 1.76. The highest BCUT2D eigenvalue weighted by Crippen LogP contribution is 2.19. The van der Waals surface area contributed by atoms with Crippen molar-refractivity contribution in [2.75, 3.05) is 13.7 Å². The minimum atomic E-state index is -0.157. The van der Waals surface area contributed by atoms with E-state index in [0.717, 1.165) is 23.3 Å². The van der Waals surface area contributed by atoms with Crippen molar-refractivity contribution in [3.05, 3.63) is 65.2 Å². The molecule has 2 rings (SSSR count). The molecule has 0 heterocycles. The number of aryl methyl sites for hydroxylation is 1. The average molecular weight is 298 g/mol. The molecule has 0 radical (unpaired) electrons. The Bertz CT molecular complexity index is 612. The second kappa shape index (κ2) is 8.08. The van der Waals surface area contributed by atoms with Gasteiger partial charge in [-0.1, -0.05) is 48.0 Å². The van der Waals surface area contributed by atoms with Gasteiger partial charge in [0.15, 0.2) is 0 Å². The zero-order chi connectivity index (χ0) is 15.8. The van der Waals surface area contributed by atoms with Crippen LogP contribution >= 0.6 is 0 Å². The van der Waals surface area contributed by atoms with Gasteiger partial charge in [0.25, 0.3) is 0 Å². The van der Waals surface area contributed by atoms with Gasteiger partial charge in [-0.05, 0) is 30.5 Å². The Hall–Kier alpha value is -2.49. The number of benzene rings is 2. The van der Waals surface area contributed by atoms with E-state index in [1.54, 1.807) is 7.11 Å². The molecule has 22 heavy (non-hydrogen) atoms. The van der Waals surface area contributed by atoms with Crippen LogP contribution in [0.1, 0.15) is 16.7 Å². The van der Waals surface area contributed by atoms with Crippen molar-refractivity contribution >= 4 is 6.03 Å². The summed E-state index contributed by atoms with van der Waals surface area (Å²) in [6.07, 6.45) is 0.740. The molecule has 116 valence electrons. The van der Waals surface area contributed by atoms with E-state index in [1.807, 2.05) is 49.4 Å². The summed E-state index contributed by atoms with van der Waals surface area (Å²) in [4.78, 5) is 11.8. The largest absolute Gasteiger partial charge is 0.496 e. The molecule has 0 saturated heterocycles. The number of nitrogens with one attached hydrogen (secondary N) is 2. The van der Waals surface area contributed by atoms with E-state index in [-0.39, 0.29) is 6.03 Å². The lowest BCUT2D eigenvalue weighted by atomic mass is 10.1. The first kappa shape index (κ1) is 15.9. The molecule has 0 aromatic heterocycles. The smallest absolute Gasteiger partial charge is 0.315 e. The molecule has 0 aliphatic carbocycles. The Kier molecular flexibility index (Phi) is 5.83. The lowest BCUT2D eigenvalue weighted by molar-refractivity contribution is 0.240. The van der Waals surface area contributed by atoms with Crippen LogP contribution in [0.5, 0.6) is 5.75 Å². The predicted molar refractivity (Wildman–Crippen MR) is 88.1 cm³/mol. The molecule has 2 aromatic carbocycles. The number of carbonyl (C=O) groups excluding carboxylic acids is 1. The number of methoxy groups -OCH3 is 1. The zero-order valence-electron chi connectivity index (χ0n) is 13.1. The Morgan fingerprint density at radius 3 is 2.59 bits per heavy atom. The van der Waals surface area contributed by atoms with E-state index in [2.05, 4.69) is 16.7 Å². The van der Waals surface area contributed by atoms with Crippen LogP contribution in [0, 0.1) is 6.92 Å². The lowest BCUT2D eigenvalue weighted by Gasteiger charge is -2.11. The summed E-state index contributed by atoms with van der Waals surface area (Å²) in [7, 11) is 1.66. The minimum absolute atomic E-state index is 0.157. The number of hydrogen-bond donors (Lipinski definition) is 2. The third kappa shape index (κ3) is 4.81. The highest BCUT2D eigenvalue weighted by Gasteiger charge is 2.05. The molecule has 2 amide bonds. The Morgan fingerprint density at radius 1 is 1.09 bits per heavy atom. The summed E-state index contributed by atoms with van der Waals surface area (Å²) in [5, 5.41) is 5.71. The molecule has 2 N–H and O–H groups in total. The first-order chi connectivity index (χ1) is 10.7. The van der Waals surface area contributed by atoms with Crippen LogP contribution < -0.4 is 15.4 Å². The molecule has 0 aliphatic rings. The van der Waals surface area contributed by atoms with Crippen LogP contribution in [0.15, 0.2) is 48.5 Å². The van der Waals surface area contributed by atoms with Crippen molar-refractivity contribution < 1.29 is 9.53 Å². The average Bonchev–Trinajstić information content (AvgIpc) is 2.54. The molecule has 2 aromatic rings. The maximum Gasteiger partial charge on any atom is 0.315 e. The number of carbonyl (C=O) groups is 1. The number of urea groups is 1. The van der Waals surface area contributed by atoms with Crippen molar-refractivity contribution in [1.29, 1.82) is 0 Å². The Labute approximate surface area is 131 Å². The molecule has 0 saturated carbocycles. The summed E-state index contributed by atoms with van der Waals surface area (Å²) in [6, 6.07) is 15.7. The van der Waals surface area contributed by atoms with Gasteiger partial charge in [-0.3, -0.25) is 0 Å². The van der Waals surface area contributed by atoms with Gasteiger partial charge in [-0.2, -0.15) is 0 Å². The highest BCUT2D eigenvalue weighted by atomic mass is 16.5. The molecule has 0 spiro atoms. The number of ether oxygens (including phenoxy) is 1. The van der Waals surface area contributed by atoms with E-state index in [9.17, 15) is 4.79 Å². The molecule has 0 fully saturated rings. The molecule has 0 atom stereocenters. The second-order valence-corrected chi connectivity index (χ2v) is 5.16. The van der Waals surface area contributed by atoms with Gasteiger partial charge in [-0.15, -0.1) is 0 Å². The normalized spacial score (nSPS) is 10.1. The number of hydrogen-bond acceptors (Lipinski definition) is 2. The van der Waals surface area contributed by atoms with E-state index >= 15 is 0 Å². The van der Waals surface area contributed by atoms with Crippen molar-refractivity contribution in [2.45, 2.75) is 19.9 Å². The van der Waals surface area contributed by atoms with Crippen LogP contribution in [0.25, 0.3) is 0 Å². The van der Waals surface area contributed by atoms with Crippen molar-refractivity contribution in [3.63, 3.8) is 0 Å². The van der Waals surface area contributed by atoms with Crippen molar-refractivity contribution in [2.24, 2.45) is 0 Å².